The van der Waals surface area contributed by atoms with Crippen molar-refractivity contribution in [3.05, 3.63) is 40.4 Å². The predicted octanol–water partition coefficient (Wildman–Crippen LogP) is 2.86. The van der Waals surface area contributed by atoms with Crippen molar-refractivity contribution in [3.63, 3.8) is 0 Å². The van der Waals surface area contributed by atoms with Crippen LogP contribution in [0.5, 0.6) is 0 Å². The van der Waals surface area contributed by atoms with E-state index in [-0.39, 0.29) is 17.1 Å². The van der Waals surface area contributed by atoms with Gasteiger partial charge in [0.1, 0.15) is 0 Å². The summed E-state index contributed by atoms with van der Waals surface area (Å²) in [6, 6.07) is 2.83. The van der Waals surface area contributed by atoms with Crippen LogP contribution in [-0.4, -0.2) is 56.0 Å². The lowest BCUT2D eigenvalue weighted by atomic mass is 10.1. The van der Waals surface area contributed by atoms with E-state index in [4.69, 9.17) is 11.6 Å². The quantitative estimate of drug-likeness (QED) is 0.565. The highest BCUT2D eigenvalue weighted by molar-refractivity contribution is 7.91. The van der Waals surface area contributed by atoms with Crippen LogP contribution in [-0.2, 0) is 20.8 Å². The molecule has 2 rings (SSSR count). The van der Waals surface area contributed by atoms with Gasteiger partial charge in [0.25, 0.3) is 5.91 Å². The molecule has 1 aliphatic rings. The number of carbonyl (C=O) groups is 1. The molecule has 0 N–H and O–H groups in total. The van der Waals surface area contributed by atoms with Crippen molar-refractivity contribution < 1.29 is 26.4 Å². The van der Waals surface area contributed by atoms with Crippen molar-refractivity contribution in [2.45, 2.75) is 18.6 Å². The Hall–Kier alpha value is -1.58. The van der Waals surface area contributed by atoms with E-state index in [1.54, 1.807) is 14.1 Å². The molecule has 0 bridgehead atoms. The van der Waals surface area contributed by atoms with E-state index in [1.807, 2.05) is 0 Å². The molecule has 10 heteroatoms. The molecular weight excluding hydrogens is 393 g/mol. The smallest absolute Gasteiger partial charge is 0.268 e. The minimum absolute atomic E-state index is 0.00509. The highest BCUT2D eigenvalue weighted by Crippen LogP contribution is 2.35. The van der Waals surface area contributed by atoms with E-state index >= 15 is 0 Å². The van der Waals surface area contributed by atoms with E-state index < -0.39 is 38.5 Å². The molecule has 0 radical (unpaired) electrons. The zero-order chi connectivity index (χ0) is 19.7. The molecule has 1 heterocycles. The highest BCUT2D eigenvalue weighted by atomic mass is 35.5. The largest absolute Gasteiger partial charge is 0.417 e. The number of nitrogens with zero attached hydrogens (tertiary/aromatic N) is 2. The molecule has 1 fully saturated rings. The standard InChI is InChI=1S/C16H18ClF3N2O3S/c1-21(2)22(12-7-8-26(24,25)10-12)15(23)6-4-11-3-5-14(17)13(9-11)16(18,19)20/h3-6,9,12H,7-8,10H2,1-2H3/b6-4+. The number of sulfone groups is 1. The molecule has 1 saturated heterocycles. The zero-order valence-electron chi connectivity index (χ0n) is 14.1. The van der Waals surface area contributed by atoms with Crippen molar-refractivity contribution in [1.29, 1.82) is 0 Å². The van der Waals surface area contributed by atoms with E-state index in [0.29, 0.717) is 6.42 Å². The molecule has 0 aromatic heterocycles. The summed E-state index contributed by atoms with van der Waals surface area (Å²) >= 11 is 5.57. The third kappa shape index (κ3) is 4.99. The molecule has 1 aromatic carbocycles. The number of rotatable bonds is 4. The maximum atomic E-state index is 12.9. The van der Waals surface area contributed by atoms with Gasteiger partial charge in [0.05, 0.1) is 28.1 Å². The molecule has 0 saturated carbocycles. The first-order chi connectivity index (χ1) is 11.9. The van der Waals surface area contributed by atoms with Crippen molar-refractivity contribution >= 4 is 33.4 Å². The topological polar surface area (TPSA) is 57.7 Å². The molecule has 1 aliphatic heterocycles. The predicted molar refractivity (Wildman–Crippen MR) is 93.1 cm³/mol. The number of hydrogen-bond donors (Lipinski definition) is 0. The summed E-state index contributed by atoms with van der Waals surface area (Å²) in [5.74, 6) is -0.643. The molecule has 0 spiro atoms. The summed E-state index contributed by atoms with van der Waals surface area (Å²) in [5, 5.41) is 2.34. The fourth-order valence-corrected chi connectivity index (χ4v) is 4.70. The third-order valence-corrected chi connectivity index (χ3v) is 6.01. The van der Waals surface area contributed by atoms with Crippen LogP contribution in [0.4, 0.5) is 13.2 Å². The second kappa shape index (κ2) is 7.58. The van der Waals surface area contributed by atoms with Crippen LogP contribution < -0.4 is 0 Å². The van der Waals surface area contributed by atoms with Gasteiger partial charge in [0.2, 0.25) is 0 Å². The van der Waals surface area contributed by atoms with E-state index in [0.717, 1.165) is 18.2 Å². The normalized spacial score (nSPS) is 20.0. The van der Waals surface area contributed by atoms with Gasteiger partial charge in [-0.3, -0.25) is 9.80 Å². The number of alkyl halides is 3. The molecule has 1 unspecified atom stereocenters. The van der Waals surface area contributed by atoms with Gasteiger partial charge in [-0.25, -0.2) is 13.4 Å². The van der Waals surface area contributed by atoms with Crippen molar-refractivity contribution in [2.75, 3.05) is 25.6 Å². The molecular formula is C16H18ClF3N2O3S. The van der Waals surface area contributed by atoms with Gasteiger partial charge >= 0.3 is 6.18 Å². The van der Waals surface area contributed by atoms with E-state index in [2.05, 4.69) is 0 Å². The maximum absolute atomic E-state index is 12.9. The lowest BCUT2D eigenvalue weighted by molar-refractivity contribution is -0.143. The lowest BCUT2D eigenvalue weighted by Gasteiger charge is -2.32. The van der Waals surface area contributed by atoms with Gasteiger partial charge in [-0.05, 0) is 30.2 Å². The number of benzene rings is 1. The molecule has 1 atom stereocenters. The van der Waals surface area contributed by atoms with Crippen LogP contribution >= 0.6 is 11.6 Å². The second-order valence-electron chi connectivity index (χ2n) is 6.16. The summed E-state index contributed by atoms with van der Waals surface area (Å²) in [4.78, 5) is 12.5. The van der Waals surface area contributed by atoms with Crippen LogP contribution in [0.1, 0.15) is 17.5 Å². The van der Waals surface area contributed by atoms with Crippen LogP contribution in [0.3, 0.4) is 0 Å². The Balaban J connectivity index is 2.22. The van der Waals surface area contributed by atoms with Crippen LogP contribution in [0.15, 0.2) is 24.3 Å². The second-order valence-corrected chi connectivity index (χ2v) is 8.79. The van der Waals surface area contributed by atoms with E-state index in [9.17, 15) is 26.4 Å². The molecule has 1 aromatic rings. The van der Waals surface area contributed by atoms with Crippen LogP contribution in [0.25, 0.3) is 6.08 Å². The maximum Gasteiger partial charge on any atom is 0.417 e. The van der Waals surface area contributed by atoms with Gasteiger partial charge in [-0.1, -0.05) is 17.7 Å². The summed E-state index contributed by atoms with van der Waals surface area (Å²) < 4.78 is 62.0. The molecule has 0 aliphatic carbocycles. The van der Waals surface area contributed by atoms with Gasteiger partial charge < -0.3 is 0 Å². The fourth-order valence-electron chi connectivity index (χ4n) is 2.78. The Bertz CT molecular complexity index is 823. The van der Waals surface area contributed by atoms with E-state index in [1.165, 1.54) is 22.2 Å². The molecule has 26 heavy (non-hydrogen) atoms. The minimum atomic E-state index is -4.60. The Labute approximate surface area is 154 Å². The Morgan fingerprint density at radius 2 is 1.96 bits per heavy atom. The summed E-state index contributed by atoms with van der Waals surface area (Å²) in [6.45, 7) is 0. The van der Waals surface area contributed by atoms with Crippen molar-refractivity contribution in [3.8, 4) is 0 Å². The third-order valence-electron chi connectivity index (χ3n) is 3.93. The minimum Gasteiger partial charge on any atom is -0.268 e. The van der Waals surface area contributed by atoms with Gasteiger partial charge in [-0.2, -0.15) is 13.2 Å². The molecule has 1 amide bonds. The highest BCUT2D eigenvalue weighted by Gasteiger charge is 2.35. The molecule has 5 nitrogen and oxygen atoms in total. The van der Waals surface area contributed by atoms with Crippen molar-refractivity contribution in [2.24, 2.45) is 0 Å². The first-order valence-corrected chi connectivity index (χ1v) is 9.86. The Morgan fingerprint density at radius 1 is 1.31 bits per heavy atom. The summed E-state index contributed by atoms with van der Waals surface area (Å²) in [5.41, 5.74) is -0.826. The number of hydrazine groups is 1. The first-order valence-electron chi connectivity index (χ1n) is 7.66. The lowest BCUT2D eigenvalue weighted by Crippen LogP contribution is -2.48. The average molecular weight is 411 g/mol. The number of hydrogen-bond acceptors (Lipinski definition) is 4. The molecule has 144 valence electrons. The zero-order valence-corrected chi connectivity index (χ0v) is 15.7. The number of halogens is 4. The van der Waals surface area contributed by atoms with Crippen LogP contribution in [0.2, 0.25) is 5.02 Å². The van der Waals surface area contributed by atoms with Crippen LogP contribution in [0, 0.1) is 0 Å². The fraction of sp³-hybridized carbons (Fsp3) is 0.438. The van der Waals surface area contributed by atoms with Gasteiger partial charge in [-0.15, -0.1) is 0 Å². The first kappa shape index (κ1) is 20.7. The van der Waals surface area contributed by atoms with Gasteiger partial charge in [0.15, 0.2) is 9.84 Å². The Kier molecular flexibility index (Phi) is 6.04. The summed E-state index contributed by atoms with van der Waals surface area (Å²) in [7, 11) is 0.0102. The summed E-state index contributed by atoms with van der Waals surface area (Å²) in [6.07, 6.45) is -1.92. The van der Waals surface area contributed by atoms with Gasteiger partial charge in [0, 0.05) is 20.2 Å². The van der Waals surface area contributed by atoms with Crippen molar-refractivity contribution in [1.82, 2.24) is 10.0 Å². The monoisotopic (exact) mass is 410 g/mol. The average Bonchev–Trinajstić information content (AvgIpc) is 2.84. The number of carbonyl (C=O) groups excluding carboxylic acids is 1. The number of amides is 1. The Morgan fingerprint density at radius 3 is 2.46 bits per heavy atom. The SMILES string of the molecule is CN(C)N(C(=O)/C=C/c1ccc(Cl)c(C(F)(F)F)c1)C1CCS(=O)(=O)C1.